The van der Waals surface area contributed by atoms with Crippen LogP contribution in [0.3, 0.4) is 0 Å². The van der Waals surface area contributed by atoms with Crippen LogP contribution in [0.4, 0.5) is 17.6 Å². The van der Waals surface area contributed by atoms with Crippen LogP contribution in [0.15, 0.2) is 0 Å². The Labute approximate surface area is 127 Å². The summed E-state index contributed by atoms with van der Waals surface area (Å²) in [5.74, 6) is -13.2. The summed E-state index contributed by atoms with van der Waals surface area (Å²) in [6.07, 6.45) is 0. The Balaban J connectivity index is 2.74. The Bertz CT molecular complexity index is 707. The fraction of sp³-hybridized carbons (Fsp3) is 0.357. The van der Waals surface area contributed by atoms with Gasteiger partial charge in [0.2, 0.25) is 0 Å². The Hall–Kier alpha value is -2.45. The van der Waals surface area contributed by atoms with Gasteiger partial charge in [0.15, 0.2) is 23.3 Å². The maximum absolute atomic E-state index is 13.8. The van der Waals surface area contributed by atoms with E-state index >= 15 is 0 Å². The number of benzene rings is 1. The largest absolute Gasteiger partial charge is 0.480 e. The van der Waals surface area contributed by atoms with Crippen molar-refractivity contribution in [1.82, 2.24) is 4.90 Å². The molecule has 124 valence electrons. The first-order valence-corrected chi connectivity index (χ1v) is 6.37. The molecule has 2 amide bonds. The standard InChI is InChI=1S/C14H11F4NO4/c1-14(2,3)10(13(22)23)19-11(20)4-5(12(19)21)7(16)9(18)8(17)6(4)15/h10H,1-3H3,(H,22,23)/t10-/m1/s1. The van der Waals surface area contributed by atoms with Crippen molar-refractivity contribution in [2.24, 2.45) is 5.41 Å². The van der Waals surface area contributed by atoms with Gasteiger partial charge >= 0.3 is 5.97 Å². The zero-order valence-electron chi connectivity index (χ0n) is 12.2. The monoisotopic (exact) mass is 333 g/mol. The third-order valence-corrected chi connectivity index (χ3v) is 3.44. The van der Waals surface area contributed by atoms with Crippen molar-refractivity contribution < 1.29 is 37.1 Å². The van der Waals surface area contributed by atoms with Gasteiger partial charge < -0.3 is 5.11 Å². The lowest BCUT2D eigenvalue weighted by Gasteiger charge is -2.33. The number of nitrogens with zero attached hydrogens (tertiary/aromatic N) is 1. The maximum atomic E-state index is 13.8. The van der Waals surface area contributed by atoms with E-state index in [1.54, 1.807) is 0 Å². The number of hydrogen-bond donors (Lipinski definition) is 1. The fourth-order valence-electron chi connectivity index (χ4n) is 2.47. The quantitative estimate of drug-likeness (QED) is 0.390. The van der Waals surface area contributed by atoms with Gasteiger partial charge in [0, 0.05) is 0 Å². The second kappa shape index (κ2) is 5.04. The number of carboxylic acid groups (broad SMARTS) is 1. The minimum absolute atomic E-state index is 0.109. The number of halogens is 4. The molecule has 1 N–H and O–H groups in total. The third-order valence-electron chi connectivity index (χ3n) is 3.44. The number of rotatable bonds is 2. The molecule has 0 aliphatic carbocycles. The molecule has 0 saturated carbocycles. The number of carbonyl (C=O) groups is 3. The Morgan fingerprint density at radius 1 is 0.913 bits per heavy atom. The van der Waals surface area contributed by atoms with Gasteiger partial charge in [-0.1, -0.05) is 20.8 Å². The van der Waals surface area contributed by atoms with E-state index in [0.717, 1.165) is 0 Å². The molecule has 1 heterocycles. The minimum atomic E-state index is -2.24. The molecule has 23 heavy (non-hydrogen) atoms. The summed E-state index contributed by atoms with van der Waals surface area (Å²) in [6, 6.07) is -1.78. The average molecular weight is 333 g/mol. The van der Waals surface area contributed by atoms with Gasteiger partial charge in [-0.3, -0.25) is 14.5 Å². The van der Waals surface area contributed by atoms with Crippen LogP contribution in [-0.4, -0.2) is 33.8 Å². The van der Waals surface area contributed by atoms with Crippen LogP contribution in [0.1, 0.15) is 41.5 Å². The lowest BCUT2D eigenvalue weighted by molar-refractivity contribution is -0.145. The van der Waals surface area contributed by atoms with Gasteiger partial charge in [0.05, 0.1) is 11.1 Å². The lowest BCUT2D eigenvalue weighted by Crippen LogP contribution is -2.52. The average Bonchev–Trinajstić information content (AvgIpc) is 2.66. The number of carbonyl (C=O) groups excluding carboxylic acids is 2. The minimum Gasteiger partial charge on any atom is -0.480 e. The first-order valence-electron chi connectivity index (χ1n) is 6.37. The highest BCUT2D eigenvalue weighted by Gasteiger charge is 2.51. The Morgan fingerprint density at radius 3 is 1.52 bits per heavy atom. The number of aliphatic carboxylic acids is 1. The molecular weight excluding hydrogens is 322 g/mol. The van der Waals surface area contributed by atoms with E-state index in [1.807, 2.05) is 0 Å². The summed E-state index contributed by atoms with van der Waals surface area (Å²) >= 11 is 0. The van der Waals surface area contributed by atoms with E-state index in [4.69, 9.17) is 0 Å². The molecule has 9 heteroatoms. The summed E-state index contributed by atoms with van der Waals surface area (Å²) in [7, 11) is 0. The summed E-state index contributed by atoms with van der Waals surface area (Å²) in [6.45, 7) is 4.13. The van der Waals surface area contributed by atoms with Crippen molar-refractivity contribution >= 4 is 17.8 Å². The summed E-state index contributed by atoms with van der Waals surface area (Å²) in [5, 5.41) is 9.25. The van der Waals surface area contributed by atoms with Gasteiger partial charge in [-0.15, -0.1) is 0 Å². The van der Waals surface area contributed by atoms with Crippen LogP contribution < -0.4 is 0 Å². The van der Waals surface area contributed by atoms with Crippen LogP contribution in [0.25, 0.3) is 0 Å². The van der Waals surface area contributed by atoms with Gasteiger partial charge in [-0.25, -0.2) is 22.4 Å². The second-order valence-electron chi connectivity index (χ2n) is 6.09. The molecule has 1 atom stereocenters. The van der Waals surface area contributed by atoms with Crippen LogP contribution in [0.5, 0.6) is 0 Å². The van der Waals surface area contributed by atoms with Crippen LogP contribution >= 0.6 is 0 Å². The normalized spacial score (nSPS) is 15.9. The lowest BCUT2D eigenvalue weighted by atomic mass is 9.85. The van der Waals surface area contributed by atoms with Crippen LogP contribution in [-0.2, 0) is 4.79 Å². The summed E-state index contributed by atoms with van der Waals surface area (Å²) < 4.78 is 54.1. The number of hydrogen-bond acceptors (Lipinski definition) is 3. The van der Waals surface area contributed by atoms with Crippen molar-refractivity contribution in [2.45, 2.75) is 26.8 Å². The van der Waals surface area contributed by atoms with Gasteiger partial charge in [0.1, 0.15) is 6.04 Å². The molecule has 0 bridgehead atoms. The summed E-state index contributed by atoms with van der Waals surface area (Å²) in [5.41, 5.74) is -3.80. The fourth-order valence-corrected chi connectivity index (χ4v) is 2.47. The molecule has 1 aromatic rings. The molecule has 1 aliphatic rings. The van der Waals surface area contributed by atoms with Crippen molar-refractivity contribution in [3.8, 4) is 0 Å². The molecule has 0 spiro atoms. The highest BCUT2D eigenvalue weighted by molar-refractivity contribution is 6.23. The molecule has 2 rings (SSSR count). The first-order chi connectivity index (χ1) is 10.4. The molecule has 0 fully saturated rings. The molecule has 0 aromatic heterocycles. The smallest absolute Gasteiger partial charge is 0.327 e. The zero-order chi connectivity index (χ0) is 17.9. The van der Waals surface area contributed by atoms with E-state index < -0.39 is 63.6 Å². The van der Waals surface area contributed by atoms with Crippen molar-refractivity contribution in [2.75, 3.05) is 0 Å². The maximum Gasteiger partial charge on any atom is 0.327 e. The second-order valence-corrected chi connectivity index (χ2v) is 6.09. The molecule has 0 radical (unpaired) electrons. The third kappa shape index (κ3) is 2.27. The zero-order valence-corrected chi connectivity index (χ0v) is 12.2. The molecule has 1 aliphatic heterocycles. The molecular formula is C14H11F4NO4. The van der Waals surface area contributed by atoms with Gasteiger partial charge in [0.25, 0.3) is 11.8 Å². The first kappa shape index (κ1) is 16.9. The SMILES string of the molecule is CC(C)(C)[C@@H](C(=O)O)N1C(=O)c2c(F)c(F)c(F)c(F)c2C1=O. The summed E-state index contributed by atoms with van der Waals surface area (Å²) in [4.78, 5) is 35.9. The Morgan fingerprint density at radius 2 is 1.26 bits per heavy atom. The van der Waals surface area contributed by atoms with Crippen molar-refractivity contribution in [3.63, 3.8) is 0 Å². The van der Waals surface area contributed by atoms with E-state index in [2.05, 4.69) is 0 Å². The number of imide groups is 1. The molecule has 0 unspecified atom stereocenters. The van der Waals surface area contributed by atoms with E-state index in [9.17, 15) is 37.1 Å². The van der Waals surface area contributed by atoms with E-state index in [-0.39, 0.29) is 4.90 Å². The number of fused-ring (bicyclic) bond motifs is 1. The topological polar surface area (TPSA) is 74.7 Å². The van der Waals surface area contributed by atoms with E-state index in [0.29, 0.717) is 0 Å². The predicted molar refractivity (Wildman–Crippen MR) is 67.7 cm³/mol. The van der Waals surface area contributed by atoms with Gasteiger partial charge in [-0.05, 0) is 5.41 Å². The van der Waals surface area contributed by atoms with Crippen LogP contribution in [0, 0.1) is 28.7 Å². The number of amides is 2. The Kier molecular flexibility index (Phi) is 3.70. The van der Waals surface area contributed by atoms with Crippen molar-refractivity contribution in [3.05, 3.63) is 34.4 Å². The highest BCUT2D eigenvalue weighted by Crippen LogP contribution is 2.36. The molecule has 1 aromatic carbocycles. The van der Waals surface area contributed by atoms with Crippen molar-refractivity contribution in [1.29, 1.82) is 0 Å². The number of carboxylic acids is 1. The molecule has 0 saturated heterocycles. The highest BCUT2D eigenvalue weighted by atomic mass is 19.2. The van der Waals surface area contributed by atoms with Crippen LogP contribution in [0.2, 0.25) is 0 Å². The molecule has 5 nitrogen and oxygen atoms in total. The van der Waals surface area contributed by atoms with E-state index in [1.165, 1.54) is 20.8 Å². The predicted octanol–water partition coefficient (Wildman–Crippen LogP) is 2.34. The van der Waals surface area contributed by atoms with Gasteiger partial charge in [-0.2, -0.15) is 0 Å².